The Morgan fingerprint density at radius 3 is 2.77 bits per heavy atom. The molecule has 26 heavy (non-hydrogen) atoms. The zero-order valence-corrected chi connectivity index (χ0v) is 15.2. The lowest BCUT2D eigenvalue weighted by Crippen LogP contribution is -2.35. The van der Waals surface area contributed by atoms with E-state index < -0.39 is 0 Å². The molecule has 5 heteroatoms. The first kappa shape index (κ1) is 16.5. The fourth-order valence-electron chi connectivity index (χ4n) is 3.84. The van der Waals surface area contributed by atoms with Crippen molar-refractivity contribution in [2.45, 2.75) is 39.8 Å². The van der Waals surface area contributed by atoms with E-state index in [9.17, 15) is 9.59 Å². The molecule has 1 amide bonds. The van der Waals surface area contributed by atoms with Crippen LogP contribution in [0.25, 0.3) is 11.0 Å². The van der Waals surface area contributed by atoms with Crippen molar-refractivity contribution in [2.75, 3.05) is 4.90 Å². The average Bonchev–Trinajstić information content (AvgIpc) is 2.97. The summed E-state index contributed by atoms with van der Waals surface area (Å²) in [5, 5.41) is 0. The molecule has 4 rings (SSSR count). The highest BCUT2D eigenvalue weighted by Crippen LogP contribution is 2.33. The second-order valence-electron chi connectivity index (χ2n) is 6.81. The number of fused-ring (bicyclic) bond motifs is 2. The summed E-state index contributed by atoms with van der Waals surface area (Å²) in [6.45, 7) is 6.28. The Labute approximate surface area is 151 Å². The summed E-state index contributed by atoms with van der Waals surface area (Å²) < 4.78 is 1.69. The third kappa shape index (κ3) is 2.43. The summed E-state index contributed by atoms with van der Waals surface area (Å²) in [4.78, 5) is 31.7. The van der Waals surface area contributed by atoms with E-state index in [-0.39, 0.29) is 17.5 Å². The molecule has 0 fully saturated rings. The summed E-state index contributed by atoms with van der Waals surface area (Å²) in [6.07, 6.45) is 0.863. The molecule has 1 unspecified atom stereocenters. The number of nitrogens with zero attached hydrogens (tertiary/aromatic N) is 3. The minimum Gasteiger partial charge on any atom is -0.305 e. The van der Waals surface area contributed by atoms with E-state index in [0.29, 0.717) is 23.3 Å². The summed E-state index contributed by atoms with van der Waals surface area (Å²) in [5.74, 6) is -0.0296. The van der Waals surface area contributed by atoms with Gasteiger partial charge in [0, 0.05) is 23.8 Å². The highest BCUT2D eigenvalue weighted by atomic mass is 16.2. The number of hydrogen-bond acceptors (Lipinski definition) is 3. The molecule has 5 nitrogen and oxygen atoms in total. The van der Waals surface area contributed by atoms with Crippen molar-refractivity contribution in [2.24, 2.45) is 0 Å². The van der Waals surface area contributed by atoms with Gasteiger partial charge < -0.3 is 9.47 Å². The van der Waals surface area contributed by atoms with Crippen LogP contribution in [-0.2, 0) is 13.0 Å². The molecule has 0 aliphatic carbocycles. The number of benzene rings is 2. The minimum atomic E-state index is -0.0823. The van der Waals surface area contributed by atoms with Gasteiger partial charge in [0.1, 0.15) is 5.69 Å². The number of carbonyl (C=O) groups excluding carboxylic acids is 1. The molecule has 0 saturated carbocycles. The van der Waals surface area contributed by atoms with Gasteiger partial charge in [0.15, 0.2) is 0 Å². The van der Waals surface area contributed by atoms with Crippen molar-refractivity contribution in [1.29, 1.82) is 0 Å². The monoisotopic (exact) mass is 347 g/mol. The Kier molecular flexibility index (Phi) is 3.87. The SMILES string of the molecule is CCn1c(=O)c(C)nc2cc(C(=O)N3c4ccccc4CC3C)ccc21. The van der Waals surface area contributed by atoms with Crippen molar-refractivity contribution in [3.05, 3.63) is 69.6 Å². The number of amides is 1. The topological polar surface area (TPSA) is 55.2 Å². The summed E-state index contributed by atoms with van der Waals surface area (Å²) in [7, 11) is 0. The molecule has 1 aromatic heterocycles. The average molecular weight is 347 g/mol. The van der Waals surface area contributed by atoms with E-state index in [4.69, 9.17) is 0 Å². The summed E-state index contributed by atoms with van der Waals surface area (Å²) >= 11 is 0. The molecule has 1 aliphatic heterocycles. The maximum Gasteiger partial charge on any atom is 0.272 e. The standard InChI is InChI=1S/C21H21N3O2/c1-4-23-19-10-9-16(12-17(19)22-14(3)20(23)25)21(26)24-13(2)11-15-7-5-6-8-18(15)24/h5-10,12-13H,4,11H2,1-3H3. The summed E-state index contributed by atoms with van der Waals surface area (Å²) in [5.41, 5.74) is 4.57. The van der Waals surface area contributed by atoms with Crippen LogP contribution >= 0.6 is 0 Å². The van der Waals surface area contributed by atoms with E-state index in [1.807, 2.05) is 36.1 Å². The van der Waals surface area contributed by atoms with Crippen LogP contribution in [0.5, 0.6) is 0 Å². The van der Waals surface area contributed by atoms with E-state index in [1.54, 1.807) is 23.6 Å². The first-order chi connectivity index (χ1) is 12.5. The lowest BCUT2D eigenvalue weighted by Gasteiger charge is -2.23. The third-order valence-electron chi connectivity index (χ3n) is 5.10. The van der Waals surface area contributed by atoms with Crippen LogP contribution in [0.3, 0.4) is 0 Å². The zero-order chi connectivity index (χ0) is 18.4. The molecular formula is C21H21N3O2. The second-order valence-corrected chi connectivity index (χ2v) is 6.81. The Bertz CT molecular complexity index is 1080. The van der Waals surface area contributed by atoms with E-state index in [1.165, 1.54) is 5.56 Å². The molecular weight excluding hydrogens is 326 g/mol. The predicted octanol–water partition coefficient (Wildman–Crippen LogP) is 3.32. The zero-order valence-electron chi connectivity index (χ0n) is 15.2. The van der Waals surface area contributed by atoms with Crippen molar-refractivity contribution < 1.29 is 4.79 Å². The van der Waals surface area contributed by atoms with Gasteiger partial charge in [-0.15, -0.1) is 0 Å². The van der Waals surface area contributed by atoms with Crippen LogP contribution in [0.1, 0.15) is 35.5 Å². The number of aromatic nitrogens is 2. The van der Waals surface area contributed by atoms with Crippen LogP contribution in [0.2, 0.25) is 0 Å². The Balaban J connectivity index is 1.81. The number of carbonyl (C=O) groups is 1. The molecule has 1 atom stereocenters. The lowest BCUT2D eigenvalue weighted by atomic mass is 10.1. The maximum absolute atomic E-state index is 13.2. The van der Waals surface area contributed by atoms with Gasteiger partial charge in [-0.2, -0.15) is 0 Å². The largest absolute Gasteiger partial charge is 0.305 e. The highest BCUT2D eigenvalue weighted by molar-refractivity contribution is 6.09. The normalized spacial score (nSPS) is 16.1. The Hall–Kier alpha value is -2.95. The van der Waals surface area contributed by atoms with Gasteiger partial charge in [-0.1, -0.05) is 18.2 Å². The van der Waals surface area contributed by atoms with Gasteiger partial charge in [-0.05, 0) is 57.0 Å². The van der Waals surface area contributed by atoms with Crippen LogP contribution in [-0.4, -0.2) is 21.5 Å². The van der Waals surface area contributed by atoms with Crippen LogP contribution in [0.15, 0.2) is 47.3 Å². The molecule has 0 bridgehead atoms. The van der Waals surface area contributed by atoms with E-state index in [2.05, 4.69) is 18.0 Å². The minimum absolute atomic E-state index is 0.0296. The smallest absolute Gasteiger partial charge is 0.272 e. The van der Waals surface area contributed by atoms with Gasteiger partial charge >= 0.3 is 0 Å². The Morgan fingerprint density at radius 2 is 2.00 bits per heavy atom. The second kappa shape index (κ2) is 6.09. The van der Waals surface area contributed by atoms with Crippen LogP contribution in [0, 0.1) is 6.92 Å². The van der Waals surface area contributed by atoms with Gasteiger partial charge in [-0.3, -0.25) is 9.59 Å². The molecule has 0 saturated heterocycles. The first-order valence-electron chi connectivity index (χ1n) is 8.94. The fraction of sp³-hybridized carbons (Fsp3) is 0.286. The fourth-order valence-corrected chi connectivity index (χ4v) is 3.84. The summed E-state index contributed by atoms with van der Waals surface area (Å²) in [6, 6.07) is 13.6. The number of anilines is 1. The lowest BCUT2D eigenvalue weighted by molar-refractivity contribution is 0.0981. The third-order valence-corrected chi connectivity index (χ3v) is 5.10. The Morgan fingerprint density at radius 1 is 1.23 bits per heavy atom. The van der Waals surface area contributed by atoms with Crippen molar-refractivity contribution in [3.63, 3.8) is 0 Å². The number of rotatable bonds is 2. The highest BCUT2D eigenvalue weighted by Gasteiger charge is 2.31. The molecule has 3 aromatic rings. The van der Waals surface area contributed by atoms with Gasteiger partial charge in [-0.25, -0.2) is 4.98 Å². The van der Waals surface area contributed by atoms with Crippen LogP contribution < -0.4 is 10.5 Å². The quantitative estimate of drug-likeness (QED) is 0.715. The molecule has 1 aliphatic rings. The van der Waals surface area contributed by atoms with Crippen molar-refractivity contribution >= 4 is 22.6 Å². The van der Waals surface area contributed by atoms with Crippen molar-refractivity contribution in [3.8, 4) is 0 Å². The molecule has 0 radical (unpaired) electrons. The number of para-hydroxylation sites is 1. The molecule has 2 heterocycles. The maximum atomic E-state index is 13.2. The number of hydrogen-bond donors (Lipinski definition) is 0. The van der Waals surface area contributed by atoms with Gasteiger partial charge in [0.25, 0.3) is 11.5 Å². The molecule has 0 N–H and O–H groups in total. The molecule has 0 spiro atoms. The van der Waals surface area contributed by atoms with Crippen LogP contribution in [0.4, 0.5) is 5.69 Å². The predicted molar refractivity (Wildman–Crippen MR) is 103 cm³/mol. The van der Waals surface area contributed by atoms with Gasteiger partial charge in [0.05, 0.1) is 11.0 Å². The molecule has 2 aromatic carbocycles. The van der Waals surface area contributed by atoms with Crippen molar-refractivity contribution in [1.82, 2.24) is 9.55 Å². The first-order valence-corrected chi connectivity index (χ1v) is 8.94. The van der Waals surface area contributed by atoms with E-state index in [0.717, 1.165) is 17.6 Å². The van der Waals surface area contributed by atoms with E-state index >= 15 is 0 Å². The number of aryl methyl sites for hydroxylation is 2. The van der Waals surface area contributed by atoms with Gasteiger partial charge in [0.2, 0.25) is 0 Å². The molecule has 132 valence electrons.